The molecule has 0 spiro atoms. The van der Waals surface area contributed by atoms with Crippen LogP contribution in [0.3, 0.4) is 0 Å². The third-order valence-corrected chi connectivity index (χ3v) is 2.51. The average Bonchev–Trinajstić information content (AvgIpc) is 2.65. The van der Waals surface area contributed by atoms with E-state index in [1.165, 1.54) is 18.3 Å². The van der Waals surface area contributed by atoms with Crippen LogP contribution in [0.25, 0.3) is 0 Å². The van der Waals surface area contributed by atoms with E-state index in [0.29, 0.717) is 11.7 Å². The fraction of sp³-hybridized carbons (Fsp3) is 0.444. The summed E-state index contributed by atoms with van der Waals surface area (Å²) in [5, 5.41) is 7.19. The quantitative estimate of drug-likeness (QED) is 0.701. The molecule has 88 valence electrons. The van der Waals surface area contributed by atoms with Gasteiger partial charge < -0.3 is 16.4 Å². The molecule has 0 bridgehead atoms. The normalized spacial score (nSPS) is 11.9. The highest BCUT2D eigenvalue weighted by molar-refractivity contribution is 7.14. The molecule has 2 amide bonds. The molecule has 0 radical (unpaired) electrons. The number of carbonyl (C=O) groups excluding carboxylic acids is 2. The lowest BCUT2D eigenvalue weighted by Crippen LogP contribution is -2.37. The lowest BCUT2D eigenvalue weighted by Gasteiger charge is -2.09. The highest BCUT2D eigenvalue weighted by Gasteiger charge is 2.12. The summed E-state index contributed by atoms with van der Waals surface area (Å²) in [6.45, 7) is 3.56. The van der Waals surface area contributed by atoms with Crippen molar-refractivity contribution in [3.8, 4) is 0 Å². The third kappa shape index (κ3) is 3.59. The van der Waals surface area contributed by atoms with Crippen LogP contribution in [0.4, 0.5) is 5.13 Å². The number of nitrogens with one attached hydrogen (secondary N) is 2. The van der Waals surface area contributed by atoms with Crippen molar-refractivity contribution in [2.75, 3.05) is 11.9 Å². The van der Waals surface area contributed by atoms with E-state index in [1.54, 1.807) is 12.3 Å². The van der Waals surface area contributed by atoms with Crippen LogP contribution in [-0.4, -0.2) is 29.4 Å². The predicted octanol–water partition coefficient (Wildman–Crippen LogP) is 0.178. The van der Waals surface area contributed by atoms with Crippen LogP contribution in [0.5, 0.6) is 0 Å². The van der Waals surface area contributed by atoms with Crippen molar-refractivity contribution in [2.24, 2.45) is 5.73 Å². The van der Waals surface area contributed by atoms with Crippen LogP contribution in [0, 0.1) is 0 Å². The zero-order valence-electron chi connectivity index (χ0n) is 9.11. The van der Waals surface area contributed by atoms with Gasteiger partial charge in [0.1, 0.15) is 5.69 Å². The number of rotatable bonds is 4. The number of nitrogens with zero attached hydrogens (tertiary/aromatic N) is 1. The fourth-order valence-corrected chi connectivity index (χ4v) is 1.68. The summed E-state index contributed by atoms with van der Waals surface area (Å²) in [5.41, 5.74) is 5.67. The van der Waals surface area contributed by atoms with Gasteiger partial charge in [-0.05, 0) is 6.92 Å². The van der Waals surface area contributed by atoms with Gasteiger partial charge in [-0.2, -0.15) is 0 Å². The molecule has 0 aliphatic rings. The van der Waals surface area contributed by atoms with E-state index in [9.17, 15) is 9.59 Å². The van der Waals surface area contributed by atoms with Gasteiger partial charge in [0.25, 0.3) is 5.91 Å². The fourth-order valence-electron chi connectivity index (χ4n) is 0.943. The molecule has 16 heavy (non-hydrogen) atoms. The van der Waals surface area contributed by atoms with E-state index >= 15 is 0 Å². The van der Waals surface area contributed by atoms with E-state index in [1.807, 2.05) is 0 Å². The summed E-state index contributed by atoms with van der Waals surface area (Å²) in [7, 11) is 0. The Hall–Kier alpha value is -1.47. The second-order valence-corrected chi connectivity index (χ2v) is 4.19. The minimum Gasteiger partial charge on any atom is -0.347 e. The molecule has 1 atom stereocenters. The minimum absolute atomic E-state index is 0.0987. The van der Waals surface area contributed by atoms with Crippen molar-refractivity contribution in [1.29, 1.82) is 0 Å². The molecule has 1 aromatic rings. The van der Waals surface area contributed by atoms with Gasteiger partial charge in [0.2, 0.25) is 5.91 Å². The van der Waals surface area contributed by atoms with Crippen molar-refractivity contribution in [1.82, 2.24) is 10.3 Å². The van der Waals surface area contributed by atoms with Gasteiger partial charge in [0.15, 0.2) is 5.13 Å². The smallest absolute Gasteiger partial charge is 0.271 e. The van der Waals surface area contributed by atoms with E-state index < -0.39 is 0 Å². The Balaban J connectivity index is 2.63. The summed E-state index contributed by atoms with van der Waals surface area (Å²) in [5.74, 6) is -0.498. The molecule has 1 aromatic heterocycles. The number of hydrogen-bond acceptors (Lipinski definition) is 5. The number of carbonyl (C=O) groups is 2. The standard InChI is InChI=1S/C9H14N4O2S/c1-5(3-10)11-8(15)7-4-16-9(13-7)12-6(2)14/h4-5H,3,10H2,1-2H3,(H,11,15)(H,12,13,14)/t5-/m0/s1. The van der Waals surface area contributed by atoms with E-state index in [2.05, 4.69) is 15.6 Å². The SMILES string of the molecule is CC(=O)Nc1nc(C(=O)N[C@@H](C)CN)cs1. The second kappa shape index (κ2) is 5.57. The summed E-state index contributed by atoms with van der Waals surface area (Å²) in [6.07, 6.45) is 0. The Morgan fingerprint density at radius 2 is 2.31 bits per heavy atom. The van der Waals surface area contributed by atoms with Crippen molar-refractivity contribution >= 4 is 28.3 Å². The first-order valence-corrected chi connectivity index (χ1v) is 5.65. The molecule has 0 aromatic carbocycles. The molecule has 6 nitrogen and oxygen atoms in total. The van der Waals surface area contributed by atoms with E-state index in [-0.39, 0.29) is 23.6 Å². The van der Waals surface area contributed by atoms with Crippen molar-refractivity contribution < 1.29 is 9.59 Å². The highest BCUT2D eigenvalue weighted by atomic mass is 32.1. The maximum absolute atomic E-state index is 11.6. The second-order valence-electron chi connectivity index (χ2n) is 3.33. The summed E-state index contributed by atoms with van der Waals surface area (Å²) in [6, 6.07) is -0.0987. The Bertz CT molecular complexity index is 391. The number of anilines is 1. The zero-order valence-corrected chi connectivity index (χ0v) is 9.93. The largest absolute Gasteiger partial charge is 0.347 e. The molecule has 0 saturated heterocycles. The maximum Gasteiger partial charge on any atom is 0.271 e. The number of aromatic nitrogens is 1. The van der Waals surface area contributed by atoms with Crippen LogP contribution in [-0.2, 0) is 4.79 Å². The Morgan fingerprint density at radius 1 is 1.62 bits per heavy atom. The monoisotopic (exact) mass is 242 g/mol. The van der Waals surface area contributed by atoms with Gasteiger partial charge in [-0.25, -0.2) is 4.98 Å². The van der Waals surface area contributed by atoms with Crippen LogP contribution >= 0.6 is 11.3 Å². The first-order valence-electron chi connectivity index (χ1n) is 4.77. The van der Waals surface area contributed by atoms with Crippen molar-refractivity contribution in [3.63, 3.8) is 0 Å². The molecular formula is C9H14N4O2S. The topological polar surface area (TPSA) is 97.1 Å². The highest BCUT2D eigenvalue weighted by Crippen LogP contribution is 2.15. The molecule has 1 heterocycles. The van der Waals surface area contributed by atoms with Crippen LogP contribution < -0.4 is 16.4 Å². The third-order valence-electron chi connectivity index (χ3n) is 1.75. The number of hydrogen-bond donors (Lipinski definition) is 3. The molecule has 0 saturated carbocycles. The minimum atomic E-state index is -0.286. The molecular weight excluding hydrogens is 228 g/mol. The number of thiazole rings is 1. The number of nitrogens with two attached hydrogens (primary N) is 1. The summed E-state index contributed by atoms with van der Waals surface area (Å²) < 4.78 is 0. The van der Waals surface area contributed by atoms with Gasteiger partial charge in [-0.1, -0.05) is 0 Å². The first-order chi connectivity index (χ1) is 7.52. The zero-order chi connectivity index (χ0) is 12.1. The lowest BCUT2D eigenvalue weighted by atomic mass is 10.3. The van der Waals surface area contributed by atoms with Crippen LogP contribution in [0.1, 0.15) is 24.3 Å². The van der Waals surface area contributed by atoms with Crippen molar-refractivity contribution in [2.45, 2.75) is 19.9 Å². The maximum atomic E-state index is 11.6. The van der Waals surface area contributed by atoms with Gasteiger partial charge in [0.05, 0.1) is 0 Å². The molecule has 0 fully saturated rings. The summed E-state index contributed by atoms with van der Waals surface area (Å²) >= 11 is 1.21. The molecule has 0 aliphatic carbocycles. The molecule has 0 unspecified atom stereocenters. The Morgan fingerprint density at radius 3 is 2.88 bits per heavy atom. The molecule has 0 aliphatic heterocycles. The van der Waals surface area contributed by atoms with E-state index in [4.69, 9.17) is 5.73 Å². The van der Waals surface area contributed by atoms with Crippen LogP contribution in [0.15, 0.2) is 5.38 Å². The first kappa shape index (κ1) is 12.6. The average molecular weight is 242 g/mol. The molecule has 7 heteroatoms. The van der Waals surface area contributed by atoms with Crippen LogP contribution in [0.2, 0.25) is 0 Å². The van der Waals surface area contributed by atoms with Gasteiger partial charge >= 0.3 is 0 Å². The van der Waals surface area contributed by atoms with Gasteiger partial charge in [-0.3, -0.25) is 9.59 Å². The van der Waals surface area contributed by atoms with E-state index in [0.717, 1.165) is 0 Å². The van der Waals surface area contributed by atoms with Gasteiger partial charge in [-0.15, -0.1) is 11.3 Å². The molecule has 4 N–H and O–H groups in total. The van der Waals surface area contributed by atoms with Gasteiger partial charge in [0, 0.05) is 24.9 Å². The Labute approximate surface area is 97.2 Å². The predicted molar refractivity (Wildman–Crippen MR) is 62.4 cm³/mol. The van der Waals surface area contributed by atoms with Crippen molar-refractivity contribution in [3.05, 3.63) is 11.1 Å². The lowest BCUT2D eigenvalue weighted by molar-refractivity contribution is -0.114. The Kier molecular flexibility index (Phi) is 4.39. The molecule has 1 rings (SSSR count). The number of amides is 2. The summed E-state index contributed by atoms with van der Waals surface area (Å²) in [4.78, 5) is 26.3.